The molecule has 1 aliphatic rings. The van der Waals surface area contributed by atoms with Crippen LogP contribution in [-0.4, -0.2) is 54.1 Å². The van der Waals surface area contributed by atoms with E-state index < -0.39 is 0 Å². The van der Waals surface area contributed by atoms with Crippen molar-refractivity contribution < 1.29 is 4.79 Å². The van der Waals surface area contributed by atoms with Crippen molar-refractivity contribution in [2.75, 3.05) is 26.7 Å². The molecule has 1 aliphatic heterocycles. The van der Waals surface area contributed by atoms with E-state index in [0.29, 0.717) is 0 Å². The first-order chi connectivity index (χ1) is 8.48. The van der Waals surface area contributed by atoms with Gasteiger partial charge < -0.3 is 9.80 Å². The van der Waals surface area contributed by atoms with Crippen LogP contribution in [-0.2, 0) is 4.79 Å². The van der Waals surface area contributed by atoms with Gasteiger partial charge in [-0.3, -0.25) is 10.1 Å². The number of amides is 1. The molecule has 0 bridgehead atoms. The van der Waals surface area contributed by atoms with Crippen LogP contribution >= 0.6 is 0 Å². The van der Waals surface area contributed by atoms with Crippen molar-refractivity contribution in [1.82, 2.24) is 15.1 Å². The molecule has 1 rings (SSSR count). The number of carbonyl (C=O) groups is 1. The lowest BCUT2D eigenvalue weighted by Gasteiger charge is -2.26. The van der Waals surface area contributed by atoms with E-state index in [1.165, 1.54) is 0 Å². The maximum atomic E-state index is 12.5. The standard InChI is InChI=1S/C14H29N3O/c1-6-9-12-15-14(4,7-2)13(18)17(12)11-10-16(5)8-3/h12,15H,6-11H2,1-5H3. The molecule has 0 aromatic carbocycles. The lowest BCUT2D eigenvalue weighted by molar-refractivity contribution is -0.133. The minimum Gasteiger partial charge on any atom is -0.324 e. The highest BCUT2D eigenvalue weighted by Crippen LogP contribution is 2.25. The predicted molar refractivity (Wildman–Crippen MR) is 75.4 cm³/mol. The van der Waals surface area contributed by atoms with Crippen molar-refractivity contribution in [2.24, 2.45) is 0 Å². The molecule has 18 heavy (non-hydrogen) atoms. The zero-order valence-electron chi connectivity index (χ0n) is 12.6. The van der Waals surface area contributed by atoms with Gasteiger partial charge in [0.25, 0.3) is 0 Å². The molecule has 0 aliphatic carbocycles. The van der Waals surface area contributed by atoms with Gasteiger partial charge in [0.15, 0.2) is 0 Å². The van der Waals surface area contributed by atoms with Gasteiger partial charge in [0, 0.05) is 13.1 Å². The molecule has 0 spiro atoms. The second-order valence-electron chi connectivity index (χ2n) is 5.53. The molecule has 2 atom stereocenters. The van der Waals surface area contributed by atoms with E-state index in [2.05, 4.69) is 38.0 Å². The van der Waals surface area contributed by atoms with E-state index in [9.17, 15) is 4.79 Å². The molecule has 0 aromatic heterocycles. The molecular weight excluding hydrogens is 226 g/mol. The van der Waals surface area contributed by atoms with Crippen molar-refractivity contribution in [3.05, 3.63) is 0 Å². The molecule has 1 heterocycles. The van der Waals surface area contributed by atoms with Crippen molar-refractivity contribution in [1.29, 1.82) is 0 Å². The molecular formula is C14H29N3O. The van der Waals surface area contributed by atoms with Crippen LogP contribution in [0.2, 0.25) is 0 Å². The van der Waals surface area contributed by atoms with Gasteiger partial charge in [0.05, 0.1) is 11.7 Å². The Morgan fingerprint density at radius 1 is 1.39 bits per heavy atom. The average Bonchev–Trinajstić information content (AvgIpc) is 2.60. The Morgan fingerprint density at radius 3 is 2.56 bits per heavy atom. The number of rotatable bonds is 7. The van der Waals surface area contributed by atoms with Gasteiger partial charge in [-0.2, -0.15) is 0 Å². The van der Waals surface area contributed by atoms with Gasteiger partial charge in [0.1, 0.15) is 0 Å². The topological polar surface area (TPSA) is 35.6 Å². The Kier molecular flexibility index (Phi) is 5.60. The smallest absolute Gasteiger partial charge is 0.243 e. The third-order valence-electron chi connectivity index (χ3n) is 4.13. The predicted octanol–water partition coefficient (Wildman–Crippen LogP) is 1.66. The number of hydrogen-bond donors (Lipinski definition) is 1. The van der Waals surface area contributed by atoms with E-state index >= 15 is 0 Å². The van der Waals surface area contributed by atoms with E-state index in [1.807, 2.05) is 11.8 Å². The van der Waals surface area contributed by atoms with Crippen molar-refractivity contribution >= 4 is 5.91 Å². The van der Waals surface area contributed by atoms with Gasteiger partial charge in [-0.1, -0.05) is 27.2 Å². The van der Waals surface area contributed by atoms with Crippen LogP contribution in [0.4, 0.5) is 0 Å². The quantitative estimate of drug-likeness (QED) is 0.751. The minimum atomic E-state index is -0.357. The third kappa shape index (κ3) is 3.23. The van der Waals surface area contributed by atoms with Crippen LogP contribution in [0.1, 0.15) is 47.0 Å². The SMILES string of the molecule is CCCC1NC(C)(CC)C(=O)N1CCN(C)CC. The average molecular weight is 255 g/mol. The van der Waals surface area contributed by atoms with E-state index in [0.717, 1.165) is 38.9 Å². The highest BCUT2D eigenvalue weighted by atomic mass is 16.2. The molecule has 2 unspecified atom stereocenters. The van der Waals surface area contributed by atoms with Crippen LogP contribution in [0.25, 0.3) is 0 Å². The lowest BCUT2D eigenvalue weighted by atomic mass is 9.99. The van der Waals surface area contributed by atoms with E-state index in [1.54, 1.807) is 0 Å². The van der Waals surface area contributed by atoms with Crippen molar-refractivity contribution in [2.45, 2.75) is 58.7 Å². The van der Waals surface area contributed by atoms with Gasteiger partial charge in [-0.25, -0.2) is 0 Å². The summed E-state index contributed by atoms with van der Waals surface area (Å²) in [6.07, 6.45) is 3.21. The van der Waals surface area contributed by atoms with Gasteiger partial charge >= 0.3 is 0 Å². The first kappa shape index (κ1) is 15.4. The second-order valence-corrected chi connectivity index (χ2v) is 5.53. The second kappa shape index (κ2) is 6.53. The summed E-state index contributed by atoms with van der Waals surface area (Å²) in [7, 11) is 2.10. The van der Waals surface area contributed by atoms with E-state index in [-0.39, 0.29) is 17.6 Å². The Bertz CT molecular complexity index is 282. The molecule has 1 N–H and O–H groups in total. The number of hydrogen-bond acceptors (Lipinski definition) is 3. The normalized spacial score (nSPS) is 28.4. The van der Waals surface area contributed by atoms with Crippen LogP contribution < -0.4 is 5.32 Å². The maximum absolute atomic E-state index is 12.5. The molecule has 1 amide bonds. The summed E-state index contributed by atoms with van der Waals surface area (Å²) < 4.78 is 0. The molecule has 0 radical (unpaired) electrons. The van der Waals surface area contributed by atoms with Gasteiger partial charge in [-0.05, 0) is 33.4 Å². The lowest BCUT2D eigenvalue weighted by Crippen LogP contribution is -2.43. The summed E-state index contributed by atoms with van der Waals surface area (Å²) in [6.45, 7) is 11.2. The maximum Gasteiger partial charge on any atom is 0.243 e. The molecule has 4 heteroatoms. The summed E-state index contributed by atoms with van der Waals surface area (Å²) in [4.78, 5) is 16.8. The summed E-state index contributed by atoms with van der Waals surface area (Å²) >= 11 is 0. The van der Waals surface area contributed by atoms with Crippen molar-refractivity contribution in [3.63, 3.8) is 0 Å². The minimum absolute atomic E-state index is 0.220. The van der Waals surface area contributed by atoms with Crippen molar-refractivity contribution in [3.8, 4) is 0 Å². The largest absolute Gasteiger partial charge is 0.324 e. The van der Waals surface area contributed by atoms with Crippen LogP contribution in [0.5, 0.6) is 0 Å². The number of carbonyl (C=O) groups excluding carboxylic acids is 1. The Labute approximate surface area is 112 Å². The van der Waals surface area contributed by atoms with Crippen LogP contribution in [0.15, 0.2) is 0 Å². The Balaban J connectivity index is 2.69. The summed E-state index contributed by atoms with van der Waals surface area (Å²) in [6, 6.07) is 0. The summed E-state index contributed by atoms with van der Waals surface area (Å²) in [5.74, 6) is 0.271. The number of nitrogens with one attached hydrogen (secondary N) is 1. The third-order valence-corrected chi connectivity index (χ3v) is 4.13. The zero-order valence-corrected chi connectivity index (χ0v) is 12.6. The molecule has 1 fully saturated rings. The summed E-state index contributed by atoms with van der Waals surface area (Å²) in [5, 5.41) is 3.52. The van der Waals surface area contributed by atoms with Gasteiger partial charge in [-0.15, -0.1) is 0 Å². The summed E-state index contributed by atoms with van der Waals surface area (Å²) in [5.41, 5.74) is -0.357. The molecule has 1 saturated heterocycles. The number of nitrogens with zero attached hydrogens (tertiary/aromatic N) is 2. The fourth-order valence-electron chi connectivity index (χ4n) is 2.41. The molecule has 0 aromatic rings. The highest BCUT2D eigenvalue weighted by Gasteiger charge is 2.45. The monoisotopic (exact) mass is 255 g/mol. The molecule has 0 saturated carbocycles. The van der Waals surface area contributed by atoms with Gasteiger partial charge in [0.2, 0.25) is 5.91 Å². The fourth-order valence-corrected chi connectivity index (χ4v) is 2.41. The molecule has 106 valence electrons. The fraction of sp³-hybridized carbons (Fsp3) is 0.929. The Hall–Kier alpha value is -0.610. The highest BCUT2D eigenvalue weighted by molar-refractivity contribution is 5.88. The van der Waals surface area contributed by atoms with Crippen LogP contribution in [0.3, 0.4) is 0 Å². The Morgan fingerprint density at radius 2 is 2.06 bits per heavy atom. The van der Waals surface area contributed by atoms with E-state index in [4.69, 9.17) is 0 Å². The first-order valence-electron chi connectivity index (χ1n) is 7.25. The van der Waals surface area contributed by atoms with Crippen LogP contribution in [0, 0.1) is 0 Å². The first-order valence-corrected chi connectivity index (χ1v) is 7.25. The zero-order chi connectivity index (χ0) is 13.8. The molecule has 4 nitrogen and oxygen atoms in total. The number of likely N-dealkylation sites (N-methyl/N-ethyl adjacent to an activating group) is 1.